The van der Waals surface area contributed by atoms with Crippen molar-refractivity contribution in [2.75, 3.05) is 13.2 Å². The maximum atomic E-state index is 5.55. The molecular weight excluding hydrogens is 214 g/mol. The monoisotopic (exact) mass is 239 g/mol. The van der Waals surface area contributed by atoms with Crippen LogP contribution in [0.1, 0.15) is 50.9 Å². The van der Waals surface area contributed by atoms with Crippen LogP contribution in [0.25, 0.3) is 0 Å². The molecule has 0 aliphatic carbocycles. The van der Waals surface area contributed by atoms with Gasteiger partial charge in [-0.1, -0.05) is 26.7 Å². The van der Waals surface area contributed by atoms with E-state index in [1.165, 1.54) is 18.4 Å². The Labute approximate surface area is 105 Å². The van der Waals surface area contributed by atoms with Crippen LogP contribution in [0.2, 0.25) is 0 Å². The smallest absolute Gasteiger partial charge is 0.129 e. The van der Waals surface area contributed by atoms with Crippen LogP contribution >= 0.6 is 0 Å². The fraction of sp³-hybridized carbons (Fsp3) is 0.714. The van der Waals surface area contributed by atoms with Crippen LogP contribution in [-0.2, 0) is 17.9 Å². The first-order chi connectivity index (χ1) is 8.36. The summed E-state index contributed by atoms with van der Waals surface area (Å²) in [6, 6.07) is 2.07. The second-order valence-electron chi connectivity index (χ2n) is 4.36. The van der Waals surface area contributed by atoms with E-state index >= 15 is 0 Å². The van der Waals surface area contributed by atoms with Gasteiger partial charge in [0.05, 0.1) is 6.26 Å². The molecule has 1 rings (SSSR count). The van der Waals surface area contributed by atoms with E-state index < -0.39 is 0 Å². The van der Waals surface area contributed by atoms with Crippen molar-refractivity contribution in [1.29, 1.82) is 0 Å². The van der Waals surface area contributed by atoms with Gasteiger partial charge < -0.3 is 14.5 Å². The van der Waals surface area contributed by atoms with Gasteiger partial charge in [0.25, 0.3) is 0 Å². The molecular formula is C14H25NO2. The number of furan rings is 1. The Morgan fingerprint density at radius 2 is 2.12 bits per heavy atom. The quantitative estimate of drug-likeness (QED) is 0.635. The molecule has 0 bridgehead atoms. The molecule has 0 aliphatic rings. The molecule has 1 aromatic heterocycles. The van der Waals surface area contributed by atoms with E-state index in [1.807, 2.05) is 6.26 Å². The summed E-state index contributed by atoms with van der Waals surface area (Å²) in [5.41, 5.74) is 1.20. The minimum atomic E-state index is 0.595. The first-order valence-corrected chi connectivity index (χ1v) is 6.71. The largest absolute Gasteiger partial charge is 0.467 e. The molecule has 0 fully saturated rings. The maximum Gasteiger partial charge on any atom is 0.129 e. The normalized spacial score (nSPS) is 10.9. The maximum absolute atomic E-state index is 5.55. The molecule has 0 atom stereocenters. The zero-order chi connectivity index (χ0) is 12.3. The van der Waals surface area contributed by atoms with E-state index in [0.29, 0.717) is 6.61 Å². The fourth-order valence-electron chi connectivity index (χ4n) is 1.63. The zero-order valence-corrected chi connectivity index (χ0v) is 11.1. The van der Waals surface area contributed by atoms with Crippen LogP contribution in [0.5, 0.6) is 0 Å². The summed E-state index contributed by atoms with van der Waals surface area (Å²) in [6.07, 6.45) is 6.59. The first-order valence-electron chi connectivity index (χ1n) is 6.71. The van der Waals surface area contributed by atoms with Gasteiger partial charge in [0.15, 0.2) is 0 Å². The molecule has 1 heterocycles. The van der Waals surface area contributed by atoms with Gasteiger partial charge in [-0.2, -0.15) is 0 Å². The van der Waals surface area contributed by atoms with Crippen LogP contribution in [0.4, 0.5) is 0 Å². The highest BCUT2D eigenvalue weighted by Crippen LogP contribution is 2.09. The summed E-state index contributed by atoms with van der Waals surface area (Å²) in [6.45, 7) is 7.72. The predicted molar refractivity (Wildman–Crippen MR) is 69.9 cm³/mol. The first kappa shape index (κ1) is 14.3. The van der Waals surface area contributed by atoms with Gasteiger partial charge in [-0.05, 0) is 25.5 Å². The Morgan fingerprint density at radius 3 is 2.88 bits per heavy atom. The van der Waals surface area contributed by atoms with Gasteiger partial charge in [-0.3, -0.25) is 0 Å². The minimum Gasteiger partial charge on any atom is -0.467 e. The standard InChI is InChI=1S/C14H25NO2/c1-3-5-6-8-16-12-14-9-13(11-17-14)10-15-7-4-2/h9,11,15H,3-8,10,12H2,1-2H3. The fourth-order valence-corrected chi connectivity index (χ4v) is 1.63. The molecule has 0 aliphatic heterocycles. The number of ether oxygens (including phenoxy) is 1. The van der Waals surface area contributed by atoms with Gasteiger partial charge in [0.1, 0.15) is 12.4 Å². The highest BCUT2D eigenvalue weighted by Gasteiger charge is 2.01. The lowest BCUT2D eigenvalue weighted by atomic mass is 10.3. The topological polar surface area (TPSA) is 34.4 Å². The molecule has 0 saturated heterocycles. The van der Waals surface area contributed by atoms with Crippen LogP contribution < -0.4 is 5.32 Å². The van der Waals surface area contributed by atoms with Crippen molar-refractivity contribution in [3.63, 3.8) is 0 Å². The van der Waals surface area contributed by atoms with Crippen LogP contribution in [-0.4, -0.2) is 13.2 Å². The Morgan fingerprint density at radius 1 is 1.24 bits per heavy atom. The molecule has 3 heteroatoms. The van der Waals surface area contributed by atoms with E-state index in [-0.39, 0.29) is 0 Å². The van der Waals surface area contributed by atoms with Crippen LogP contribution in [0.15, 0.2) is 16.7 Å². The molecule has 0 radical (unpaired) electrons. The van der Waals surface area contributed by atoms with Crippen molar-refractivity contribution in [2.45, 2.75) is 52.7 Å². The number of unbranched alkanes of at least 4 members (excludes halogenated alkanes) is 2. The number of nitrogens with one attached hydrogen (secondary N) is 1. The van der Waals surface area contributed by atoms with Gasteiger partial charge in [0, 0.05) is 18.7 Å². The second kappa shape index (κ2) is 9.25. The van der Waals surface area contributed by atoms with Crippen LogP contribution in [0.3, 0.4) is 0 Å². The Hall–Kier alpha value is -0.800. The number of hydrogen-bond donors (Lipinski definition) is 1. The lowest BCUT2D eigenvalue weighted by Crippen LogP contribution is -2.13. The summed E-state index contributed by atoms with van der Waals surface area (Å²) in [5.74, 6) is 0.926. The van der Waals surface area contributed by atoms with E-state index in [1.54, 1.807) is 0 Å². The van der Waals surface area contributed by atoms with Crippen molar-refractivity contribution in [2.24, 2.45) is 0 Å². The van der Waals surface area contributed by atoms with Crippen molar-refractivity contribution < 1.29 is 9.15 Å². The highest BCUT2D eigenvalue weighted by molar-refractivity contribution is 5.11. The van der Waals surface area contributed by atoms with E-state index in [0.717, 1.165) is 38.3 Å². The molecule has 0 spiro atoms. The van der Waals surface area contributed by atoms with Crippen molar-refractivity contribution in [3.05, 3.63) is 23.7 Å². The molecule has 1 N–H and O–H groups in total. The molecule has 98 valence electrons. The number of hydrogen-bond acceptors (Lipinski definition) is 3. The summed E-state index contributed by atoms with van der Waals surface area (Å²) >= 11 is 0. The van der Waals surface area contributed by atoms with E-state index in [4.69, 9.17) is 9.15 Å². The molecule has 0 saturated carbocycles. The van der Waals surface area contributed by atoms with Crippen molar-refractivity contribution in [3.8, 4) is 0 Å². The summed E-state index contributed by atoms with van der Waals surface area (Å²) in [5, 5.41) is 3.35. The molecule has 17 heavy (non-hydrogen) atoms. The number of rotatable bonds is 10. The molecule has 3 nitrogen and oxygen atoms in total. The third kappa shape index (κ3) is 6.49. The van der Waals surface area contributed by atoms with E-state index in [9.17, 15) is 0 Å². The lowest BCUT2D eigenvalue weighted by Gasteiger charge is -2.00. The van der Waals surface area contributed by atoms with Gasteiger partial charge >= 0.3 is 0 Å². The molecule has 0 aromatic carbocycles. The zero-order valence-electron chi connectivity index (χ0n) is 11.1. The Balaban J connectivity index is 2.12. The van der Waals surface area contributed by atoms with Crippen molar-refractivity contribution >= 4 is 0 Å². The summed E-state index contributed by atoms with van der Waals surface area (Å²) in [4.78, 5) is 0. The average Bonchev–Trinajstić information content (AvgIpc) is 2.77. The molecule has 0 amide bonds. The Bertz CT molecular complexity index is 284. The average molecular weight is 239 g/mol. The summed E-state index contributed by atoms with van der Waals surface area (Å²) < 4.78 is 11.0. The third-order valence-electron chi connectivity index (χ3n) is 2.60. The minimum absolute atomic E-state index is 0.595. The Kier molecular flexibility index (Phi) is 7.76. The third-order valence-corrected chi connectivity index (χ3v) is 2.60. The van der Waals surface area contributed by atoms with Gasteiger partial charge in [0.2, 0.25) is 0 Å². The van der Waals surface area contributed by atoms with E-state index in [2.05, 4.69) is 25.2 Å². The predicted octanol–water partition coefficient (Wildman–Crippen LogP) is 3.49. The second-order valence-corrected chi connectivity index (χ2v) is 4.36. The van der Waals surface area contributed by atoms with Crippen LogP contribution in [0, 0.1) is 0 Å². The summed E-state index contributed by atoms with van der Waals surface area (Å²) in [7, 11) is 0. The van der Waals surface area contributed by atoms with Gasteiger partial charge in [-0.25, -0.2) is 0 Å². The lowest BCUT2D eigenvalue weighted by molar-refractivity contribution is 0.103. The molecule has 1 aromatic rings. The highest BCUT2D eigenvalue weighted by atomic mass is 16.5. The van der Waals surface area contributed by atoms with Gasteiger partial charge in [-0.15, -0.1) is 0 Å². The van der Waals surface area contributed by atoms with Crippen molar-refractivity contribution in [1.82, 2.24) is 5.32 Å². The molecule has 0 unspecified atom stereocenters. The SMILES string of the molecule is CCCCCOCc1cc(CNCCC)co1.